The van der Waals surface area contributed by atoms with Crippen LogP contribution in [0.25, 0.3) is 0 Å². The largest absolute Gasteiger partial charge is 0.465 e. The third kappa shape index (κ3) is 4.44. The normalized spacial score (nSPS) is 23.7. The second-order valence-electron chi connectivity index (χ2n) is 5.01. The van der Waals surface area contributed by atoms with Crippen molar-refractivity contribution < 1.29 is 26.4 Å². The number of sulfone groups is 2. The van der Waals surface area contributed by atoms with Crippen LogP contribution in [-0.2, 0) is 29.2 Å². The Morgan fingerprint density at radius 2 is 2.13 bits per heavy atom. The number of carbonyl (C=O) groups excluding carboxylic acids is 1. The summed E-state index contributed by atoms with van der Waals surface area (Å²) < 4.78 is 54.1. The van der Waals surface area contributed by atoms with E-state index in [1.165, 1.54) is 12.1 Å². The SMILES string of the molecule is CCOC(=O)CN[C@H]1CS(=O)(=O)C[C@@H]1S(=O)(=O)c1ccc(Cl)s1. The van der Waals surface area contributed by atoms with Crippen molar-refractivity contribution in [2.75, 3.05) is 24.7 Å². The van der Waals surface area contributed by atoms with Crippen LogP contribution in [0.1, 0.15) is 6.92 Å². The third-order valence-corrected chi connectivity index (χ3v) is 9.25. The molecule has 0 bridgehead atoms. The summed E-state index contributed by atoms with van der Waals surface area (Å²) in [7, 11) is -7.37. The molecule has 0 saturated carbocycles. The van der Waals surface area contributed by atoms with Crippen molar-refractivity contribution in [2.45, 2.75) is 22.4 Å². The summed E-state index contributed by atoms with van der Waals surface area (Å²) in [6, 6.07) is 1.94. The van der Waals surface area contributed by atoms with Crippen molar-refractivity contribution in [2.24, 2.45) is 0 Å². The van der Waals surface area contributed by atoms with Crippen molar-refractivity contribution in [3.63, 3.8) is 0 Å². The molecule has 1 N–H and O–H groups in total. The van der Waals surface area contributed by atoms with Gasteiger partial charge in [-0.15, -0.1) is 11.3 Å². The van der Waals surface area contributed by atoms with Gasteiger partial charge in [-0.25, -0.2) is 16.8 Å². The van der Waals surface area contributed by atoms with Gasteiger partial charge in [0.25, 0.3) is 0 Å². The number of rotatable bonds is 6. The first-order valence-electron chi connectivity index (χ1n) is 6.74. The van der Waals surface area contributed by atoms with E-state index in [4.69, 9.17) is 16.3 Å². The standard InChI is InChI=1S/C12H16ClNO6S3/c1-2-20-11(15)5-14-8-6-22(16,17)7-9(8)23(18,19)12-4-3-10(13)21-12/h3-4,8-9,14H,2,5-7H2,1H3/t8-,9-/m0/s1. The van der Waals surface area contributed by atoms with Crippen LogP contribution in [0, 0.1) is 0 Å². The first-order valence-corrected chi connectivity index (χ1v) is 11.3. The molecule has 23 heavy (non-hydrogen) atoms. The van der Waals surface area contributed by atoms with E-state index >= 15 is 0 Å². The summed E-state index contributed by atoms with van der Waals surface area (Å²) in [4.78, 5) is 11.4. The van der Waals surface area contributed by atoms with Crippen molar-refractivity contribution in [1.82, 2.24) is 5.32 Å². The van der Waals surface area contributed by atoms with Gasteiger partial charge in [0.2, 0.25) is 0 Å². The molecule has 0 amide bonds. The highest BCUT2D eigenvalue weighted by molar-refractivity contribution is 7.97. The van der Waals surface area contributed by atoms with E-state index in [1.807, 2.05) is 0 Å². The van der Waals surface area contributed by atoms with Crippen LogP contribution in [0.15, 0.2) is 16.3 Å². The molecule has 1 fully saturated rings. The lowest BCUT2D eigenvalue weighted by Gasteiger charge is -2.18. The number of esters is 1. The molecule has 0 spiro atoms. The summed E-state index contributed by atoms with van der Waals surface area (Å²) in [6.45, 7) is 1.59. The number of halogens is 1. The lowest BCUT2D eigenvalue weighted by atomic mass is 10.2. The summed E-state index contributed by atoms with van der Waals surface area (Å²) in [5.74, 6) is -1.38. The van der Waals surface area contributed by atoms with Crippen LogP contribution in [-0.4, -0.2) is 58.8 Å². The number of hydrogen-bond acceptors (Lipinski definition) is 8. The third-order valence-electron chi connectivity index (χ3n) is 3.34. The van der Waals surface area contributed by atoms with E-state index in [0.29, 0.717) is 4.34 Å². The maximum Gasteiger partial charge on any atom is 0.319 e. The number of thiophene rings is 1. The topological polar surface area (TPSA) is 107 Å². The molecule has 1 aliphatic heterocycles. The molecule has 0 unspecified atom stereocenters. The molecule has 1 aromatic heterocycles. The number of carbonyl (C=O) groups is 1. The van der Waals surface area contributed by atoms with Gasteiger partial charge in [-0.3, -0.25) is 4.79 Å². The highest BCUT2D eigenvalue weighted by atomic mass is 35.5. The van der Waals surface area contributed by atoms with Gasteiger partial charge in [-0.2, -0.15) is 0 Å². The predicted molar refractivity (Wildman–Crippen MR) is 87.4 cm³/mol. The molecule has 1 saturated heterocycles. The molecule has 0 radical (unpaired) electrons. The number of ether oxygens (including phenoxy) is 1. The zero-order chi connectivity index (χ0) is 17.3. The Morgan fingerprint density at radius 1 is 1.43 bits per heavy atom. The number of hydrogen-bond donors (Lipinski definition) is 1. The van der Waals surface area contributed by atoms with Crippen molar-refractivity contribution in [1.29, 1.82) is 0 Å². The summed E-state index contributed by atoms with van der Waals surface area (Å²) in [5, 5.41) is 1.54. The fourth-order valence-corrected chi connectivity index (χ4v) is 8.76. The summed E-state index contributed by atoms with van der Waals surface area (Å²) in [5.41, 5.74) is 0. The molecular formula is C12H16ClNO6S3. The van der Waals surface area contributed by atoms with E-state index in [-0.39, 0.29) is 23.1 Å². The van der Waals surface area contributed by atoms with Crippen molar-refractivity contribution >= 4 is 48.6 Å². The van der Waals surface area contributed by atoms with Gasteiger partial charge in [0.15, 0.2) is 19.7 Å². The van der Waals surface area contributed by atoms with Gasteiger partial charge in [0.1, 0.15) is 4.21 Å². The lowest BCUT2D eigenvalue weighted by Crippen LogP contribution is -2.45. The molecule has 130 valence electrons. The van der Waals surface area contributed by atoms with Crippen LogP contribution in [0.2, 0.25) is 4.34 Å². The minimum Gasteiger partial charge on any atom is -0.465 e. The Labute approximate surface area is 143 Å². The maximum absolute atomic E-state index is 12.6. The zero-order valence-corrected chi connectivity index (χ0v) is 15.4. The molecule has 2 heterocycles. The highest BCUT2D eigenvalue weighted by Crippen LogP contribution is 2.32. The molecule has 0 aromatic carbocycles. The van der Waals surface area contributed by atoms with Crippen LogP contribution < -0.4 is 5.32 Å². The van der Waals surface area contributed by atoms with Crippen LogP contribution >= 0.6 is 22.9 Å². The van der Waals surface area contributed by atoms with Gasteiger partial charge >= 0.3 is 5.97 Å². The quantitative estimate of drug-likeness (QED) is 0.691. The number of nitrogens with one attached hydrogen (secondary N) is 1. The van der Waals surface area contributed by atoms with Crippen molar-refractivity contribution in [3.05, 3.63) is 16.5 Å². The molecule has 0 aliphatic carbocycles. The van der Waals surface area contributed by atoms with Gasteiger partial charge in [-0.1, -0.05) is 11.6 Å². The molecular weight excluding hydrogens is 386 g/mol. The fraction of sp³-hybridized carbons (Fsp3) is 0.583. The van der Waals surface area contributed by atoms with E-state index in [9.17, 15) is 21.6 Å². The first kappa shape index (κ1) is 18.7. The monoisotopic (exact) mass is 401 g/mol. The lowest BCUT2D eigenvalue weighted by molar-refractivity contribution is -0.142. The molecule has 1 aromatic rings. The van der Waals surface area contributed by atoms with Crippen LogP contribution in [0.5, 0.6) is 0 Å². The molecule has 2 rings (SSSR count). The van der Waals surface area contributed by atoms with E-state index in [1.54, 1.807) is 6.92 Å². The molecule has 1 aliphatic rings. The van der Waals surface area contributed by atoms with Gasteiger partial charge in [0.05, 0.1) is 34.2 Å². The first-order chi connectivity index (χ1) is 10.7. The molecule has 11 heteroatoms. The summed E-state index contributed by atoms with van der Waals surface area (Å²) in [6.07, 6.45) is 0. The van der Waals surface area contributed by atoms with Gasteiger partial charge in [-0.05, 0) is 19.1 Å². The van der Waals surface area contributed by atoms with E-state index in [0.717, 1.165) is 11.3 Å². The van der Waals surface area contributed by atoms with Gasteiger partial charge < -0.3 is 10.1 Å². The van der Waals surface area contributed by atoms with E-state index < -0.39 is 42.7 Å². The smallest absolute Gasteiger partial charge is 0.319 e. The predicted octanol–water partition coefficient (Wildman–Crippen LogP) is 0.494. The fourth-order valence-electron chi connectivity index (χ4n) is 2.34. The highest BCUT2D eigenvalue weighted by Gasteiger charge is 2.46. The Morgan fingerprint density at radius 3 is 2.70 bits per heavy atom. The molecule has 2 atom stereocenters. The Bertz CT molecular complexity index is 785. The summed E-state index contributed by atoms with van der Waals surface area (Å²) >= 11 is 6.64. The Balaban J connectivity index is 2.22. The van der Waals surface area contributed by atoms with Crippen LogP contribution in [0.3, 0.4) is 0 Å². The minimum absolute atomic E-state index is 0.0209. The van der Waals surface area contributed by atoms with Gasteiger partial charge in [0, 0.05) is 6.04 Å². The van der Waals surface area contributed by atoms with E-state index in [2.05, 4.69) is 5.32 Å². The van der Waals surface area contributed by atoms with Crippen LogP contribution in [0.4, 0.5) is 0 Å². The Hall–Kier alpha value is -0.680. The second kappa shape index (κ2) is 7.06. The average Bonchev–Trinajstić information content (AvgIpc) is 3.01. The second-order valence-corrected chi connectivity index (χ2v) is 11.3. The minimum atomic E-state index is -3.86. The maximum atomic E-state index is 12.6. The average molecular weight is 402 g/mol. The van der Waals surface area contributed by atoms with Crippen molar-refractivity contribution in [3.8, 4) is 0 Å². The molecule has 7 nitrogen and oxygen atoms in total. The zero-order valence-electron chi connectivity index (χ0n) is 12.2. The Kier molecular flexibility index (Phi) is 5.72.